The van der Waals surface area contributed by atoms with E-state index in [2.05, 4.69) is 15.6 Å². The molecule has 0 radical (unpaired) electrons. The number of carbonyl (C=O) groups is 1. The number of hydrogen-bond acceptors (Lipinski definition) is 5. The number of aromatic nitrogens is 1. The minimum Gasteiger partial charge on any atom is -0.482 e. The second-order valence-electron chi connectivity index (χ2n) is 3.94. The number of ether oxygens (including phenoxy) is 1. The van der Waals surface area contributed by atoms with Crippen molar-refractivity contribution in [1.29, 1.82) is 0 Å². The molecule has 3 rings (SSSR count). The molecule has 0 fully saturated rings. The van der Waals surface area contributed by atoms with Crippen LogP contribution >= 0.6 is 22.9 Å². The van der Waals surface area contributed by atoms with Crippen LogP contribution in [0.25, 0.3) is 0 Å². The van der Waals surface area contributed by atoms with Crippen LogP contribution in [0.3, 0.4) is 0 Å². The minimum atomic E-state index is -0.174. The number of hydrogen-bond donors (Lipinski definition) is 2. The van der Waals surface area contributed by atoms with Crippen molar-refractivity contribution in [1.82, 2.24) is 4.98 Å². The summed E-state index contributed by atoms with van der Waals surface area (Å²) in [6.45, 7) is 0.628. The Labute approximate surface area is 118 Å². The quantitative estimate of drug-likeness (QED) is 0.914. The fourth-order valence-corrected chi connectivity index (χ4v) is 2.53. The first-order valence-corrected chi connectivity index (χ1v) is 6.86. The van der Waals surface area contributed by atoms with Gasteiger partial charge in [-0.05, 0) is 6.07 Å². The van der Waals surface area contributed by atoms with Gasteiger partial charge in [0.15, 0.2) is 6.61 Å². The smallest absolute Gasteiger partial charge is 0.262 e. The third kappa shape index (κ3) is 2.64. The predicted molar refractivity (Wildman–Crippen MR) is 75.0 cm³/mol. The molecule has 2 aromatic rings. The molecule has 0 saturated carbocycles. The maximum atomic E-state index is 11.2. The second-order valence-corrected chi connectivity index (χ2v) is 5.33. The molecule has 1 aromatic heterocycles. The predicted octanol–water partition coefficient (Wildman–Crippen LogP) is 2.74. The van der Waals surface area contributed by atoms with Crippen LogP contribution in [0.2, 0.25) is 5.02 Å². The Morgan fingerprint density at radius 3 is 3.21 bits per heavy atom. The van der Waals surface area contributed by atoms with Crippen LogP contribution in [0.1, 0.15) is 5.01 Å². The molecule has 1 amide bonds. The van der Waals surface area contributed by atoms with Crippen LogP contribution in [0.5, 0.6) is 5.75 Å². The monoisotopic (exact) mass is 295 g/mol. The molecule has 0 spiro atoms. The van der Waals surface area contributed by atoms with Gasteiger partial charge in [-0.25, -0.2) is 4.98 Å². The molecular weight excluding hydrogens is 286 g/mol. The highest BCUT2D eigenvalue weighted by molar-refractivity contribution is 7.09. The maximum Gasteiger partial charge on any atom is 0.262 e. The summed E-state index contributed by atoms with van der Waals surface area (Å²) in [7, 11) is 0. The van der Waals surface area contributed by atoms with Crippen molar-refractivity contribution in [3.63, 3.8) is 0 Å². The van der Waals surface area contributed by atoms with Crippen LogP contribution < -0.4 is 15.4 Å². The van der Waals surface area contributed by atoms with E-state index in [0.29, 0.717) is 23.0 Å². The number of fused-ring (bicyclic) bond motifs is 1. The topological polar surface area (TPSA) is 63.2 Å². The number of benzene rings is 1. The van der Waals surface area contributed by atoms with Gasteiger partial charge in [0.05, 0.1) is 22.9 Å². The number of rotatable bonds is 3. The molecule has 2 N–H and O–H groups in total. The molecule has 1 aliphatic heterocycles. The van der Waals surface area contributed by atoms with E-state index < -0.39 is 0 Å². The lowest BCUT2D eigenvalue weighted by molar-refractivity contribution is -0.118. The van der Waals surface area contributed by atoms with Crippen molar-refractivity contribution >= 4 is 40.2 Å². The van der Waals surface area contributed by atoms with Gasteiger partial charge < -0.3 is 15.4 Å². The van der Waals surface area contributed by atoms with E-state index in [1.54, 1.807) is 29.7 Å². The molecule has 5 nitrogen and oxygen atoms in total. The Hall–Kier alpha value is -1.79. The molecule has 0 aliphatic carbocycles. The number of carbonyl (C=O) groups excluding carboxylic acids is 1. The third-order valence-corrected chi connectivity index (χ3v) is 3.71. The van der Waals surface area contributed by atoms with E-state index in [4.69, 9.17) is 16.3 Å². The van der Waals surface area contributed by atoms with Crippen molar-refractivity contribution < 1.29 is 9.53 Å². The molecule has 0 atom stereocenters. The summed E-state index contributed by atoms with van der Waals surface area (Å²) in [4.78, 5) is 15.4. The van der Waals surface area contributed by atoms with Crippen LogP contribution in [-0.4, -0.2) is 17.5 Å². The third-order valence-electron chi connectivity index (χ3n) is 2.62. The maximum absolute atomic E-state index is 11.2. The van der Waals surface area contributed by atoms with Crippen molar-refractivity contribution in [2.75, 3.05) is 17.2 Å². The van der Waals surface area contributed by atoms with E-state index in [-0.39, 0.29) is 12.5 Å². The van der Waals surface area contributed by atoms with E-state index in [0.717, 1.165) is 10.7 Å². The normalized spacial score (nSPS) is 13.4. The molecule has 0 bridgehead atoms. The summed E-state index contributed by atoms with van der Waals surface area (Å²) in [5, 5.41) is 9.34. The zero-order valence-corrected chi connectivity index (χ0v) is 11.3. The summed E-state index contributed by atoms with van der Waals surface area (Å²) >= 11 is 7.73. The highest BCUT2D eigenvalue weighted by Gasteiger charge is 2.18. The zero-order chi connectivity index (χ0) is 13.2. The van der Waals surface area contributed by atoms with Gasteiger partial charge in [0, 0.05) is 17.6 Å². The standard InChI is InChI=1S/C12H10ClN3O2S/c13-7-3-9-10(18-6-11(17)16-9)4-8(7)15-5-12-14-1-2-19-12/h1-4,15H,5-6H2,(H,16,17). The Balaban J connectivity index is 1.80. The summed E-state index contributed by atoms with van der Waals surface area (Å²) in [5.74, 6) is 0.442. The number of nitrogens with zero attached hydrogens (tertiary/aromatic N) is 1. The van der Waals surface area contributed by atoms with E-state index >= 15 is 0 Å². The lowest BCUT2D eigenvalue weighted by Crippen LogP contribution is -2.25. The molecule has 19 heavy (non-hydrogen) atoms. The highest BCUT2D eigenvalue weighted by atomic mass is 35.5. The summed E-state index contributed by atoms with van der Waals surface area (Å²) < 4.78 is 5.34. The van der Waals surface area contributed by atoms with Gasteiger partial charge in [-0.1, -0.05) is 11.6 Å². The minimum absolute atomic E-state index is 0.0283. The fourth-order valence-electron chi connectivity index (χ4n) is 1.75. The molecule has 0 saturated heterocycles. The van der Waals surface area contributed by atoms with Crippen LogP contribution in [0, 0.1) is 0 Å². The lowest BCUT2D eigenvalue weighted by atomic mass is 10.2. The SMILES string of the molecule is O=C1COc2cc(NCc3nccs3)c(Cl)cc2N1. The zero-order valence-electron chi connectivity index (χ0n) is 9.77. The van der Waals surface area contributed by atoms with Crippen molar-refractivity contribution in [2.45, 2.75) is 6.54 Å². The van der Waals surface area contributed by atoms with Gasteiger partial charge in [-0.15, -0.1) is 11.3 Å². The molecule has 1 aromatic carbocycles. The number of thiazole rings is 1. The molecule has 98 valence electrons. The van der Waals surface area contributed by atoms with Crippen molar-refractivity contribution in [2.24, 2.45) is 0 Å². The average molecular weight is 296 g/mol. The Bertz CT molecular complexity index is 616. The molecule has 2 heterocycles. The Kier molecular flexibility index (Phi) is 3.27. The first-order chi connectivity index (χ1) is 9.22. The van der Waals surface area contributed by atoms with Gasteiger partial charge >= 0.3 is 0 Å². The van der Waals surface area contributed by atoms with Crippen LogP contribution in [0.15, 0.2) is 23.7 Å². The molecule has 7 heteroatoms. The van der Waals surface area contributed by atoms with Gasteiger partial charge in [-0.3, -0.25) is 4.79 Å². The number of nitrogens with one attached hydrogen (secondary N) is 2. The van der Waals surface area contributed by atoms with Gasteiger partial charge in [0.2, 0.25) is 0 Å². The van der Waals surface area contributed by atoms with Gasteiger partial charge in [-0.2, -0.15) is 0 Å². The number of amides is 1. The summed E-state index contributed by atoms with van der Waals surface area (Å²) in [5.41, 5.74) is 1.35. The first kappa shape index (κ1) is 12.3. The van der Waals surface area contributed by atoms with Crippen LogP contribution in [0.4, 0.5) is 11.4 Å². The average Bonchev–Trinajstić information content (AvgIpc) is 2.89. The van der Waals surface area contributed by atoms with Gasteiger partial charge in [0.1, 0.15) is 10.8 Å². The van der Waals surface area contributed by atoms with Crippen LogP contribution in [-0.2, 0) is 11.3 Å². The van der Waals surface area contributed by atoms with Crippen molar-refractivity contribution in [3.8, 4) is 5.75 Å². The first-order valence-electron chi connectivity index (χ1n) is 5.61. The Morgan fingerprint density at radius 2 is 2.42 bits per heavy atom. The van der Waals surface area contributed by atoms with E-state index in [1.165, 1.54) is 0 Å². The summed E-state index contributed by atoms with van der Waals surface area (Å²) in [6.07, 6.45) is 1.76. The lowest BCUT2D eigenvalue weighted by Gasteiger charge is -2.19. The summed E-state index contributed by atoms with van der Waals surface area (Å²) in [6, 6.07) is 3.46. The number of anilines is 2. The van der Waals surface area contributed by atoms with Crippen molar-refractivity contribution in [3.05, 3.63) is 33.7 Å². The molecule has 1 aliphatic rings. The van der Waals surface area contributed by atoms with E-state index in [1.807, 2.05) is 5.38 Å². The largest absolute Gasteiger partial charge is 0.482 e. The Morgan fingerprint density at radius 1 is 1.53 bits per heavy atom. The molecule has 0 unspecified atom stereocenters. The van der Waals surface area contributed by atoms with Gasteiger partial charge in [0.25, 0.3) is 5.91 Å². The second kappa shape index (κ2) is 5.07. The number of halogens is 1. The van der Waals surface area contributed by atoms with E-state index in [9.17, 15) is 4.79 Å². The fraction of sp³-hybridized carbons (Fsp3) is 0.167. The molecular formula is C12H10ClN3O2S. The highest BCUT2D eigenvalue weighted by Crippen LogP contribution is 2.36.